The number of aryl methyl sites for hydroxylation is 2. The second kappa shape index (κ2) is 9.36. The monoisotopic (exact) mass is 484 g/mol. The molecule has 3 aromatic rings. The van der Waals surface area contributed by atoms with Crippen LogP contribution in [0.4, 0.5) is 13.2 Å². The second-order valence-electron chi connectivity index (χ2n) is 7.05. The highest BCUT2D eigenvalue weighted by Gasteiger charge is 2.32. The predicted octanol–water partition coefficient (Wildman–Crippen LogP) is 3.15. The van der Waals surface area contributed by atoms with E-state index in [-0.39, 0.29) is 18.5 Å². The van der Waals surface area contributed by atoms with E-state index in [0.29, 0.717) is 11.9 Å². The molecule has 160 valence electrons. The molecule has 1 aliphatic heterocycles. The summed E-state index contributed by atoms with van der Waals surface area (Å²) in [6.07, 6.45) is 1.59. The maximum absolute atomic E-state index is 12.7. The molecule has 0 aliphatic carbocycles. The normalized spacial score (nSPS) is 15.4. The van der Waals surface area contributed by atoms with Gasteiger partial charge in [0.25, 0.3) is 6.43 Å². The summed E-state index contributed by atoms with van der Waals surface area (Å²) in [4.78, 5) is 0. The molecule has 4 rings (SSSR count). The van der Waals surface area contributed by atoms with E-state index >= 15 is 0 Å². The number of hydrogen-bond acceptors (Lipinski definition) is 4. The predicted molar refractivity (Wildman–Crippen MR) is 110 cm³/mol. The van der Waals surface area contributed by atoms with Crippen molar-refractivity contribution >= 4 is 28.5 Å². The second-order valence-corrected chi connectivity index (χ2v) is 7.80. The maximum atomic E-state index is 12.7. The highest BCUT2D eigenvalue weighted by molar-refractivity contribution is 9.10. The van der Waals surface area contributed by atoms with Crippen LogP contribution in [0.15, 0.2) is 35.2 Å². The van der Waals surface area contributed by atoms with Gasteiger partial charge >= 0.3 is 7.12 Å². The van der Waals surface area contributed by atoms with Crippen LogP contribution in [0.5, 0.6) is 0 Å². The highest BCUT2D eigenvalue weighted by Crippen LogP contribution is 2.23. The molecule has 1 aliphatic rings. The minimum absolute atomic E-state index is 0.217. The molecule has 6 nitrogen and oxygen atoms in total. The molecule has 0 spiro atoms. The Morgan fingerprint density at radius 1 is 1.27 bits per heavy atom. The standard InChI is InChI=1S/C11H13BrF2N4.C8H8BFO2/c1-7-8(5-18(15-7)6-10(13)14)3-9-4-17(2)16-11(9)12;1-5-7-4-6(10)2-3-8(7)9(11)12-5/h4-5,10H,3,6H2,1-2H3;2-5,11H,1H3/t;5-/m.1/s1. The van der Waals surface area contributed by atoms with Crippen molar-refractivity contribution in [2.75, 3.05) is 0 Å². The summed E-state index contributed by atoms with van der Waals surface area (Å²) < 4.78 is 46.1. The first kappa shape index (κ1) is 22.6. The van der Waals surface area contributed by atoms with E-state index in [9.17, 15) is 18.2 Å². The van der Waals surface area contributed by atoms with Crippen LogP contribution in [-0.4, -0.2) is 38.1 Å². The third-order valence-electron chi connectivity index (χ3n) is 4.69. The number of fused-ring (bicyclic) bond motifs is 1. The Morgan fingerprint density at radius 2 is 2.00 bits per heavy atom. The van der Waals surface area contributed by atoms with Crippen molar-refractivity contribution in [1.29, 1.82) is 0 Å². The fraction of sp³-hybridized carbons (Fsp3) is 0.368. The maximum Gasteiger partial charge on any atom is 0.491 e. The lowest BCUT2D eigenvalue weighted by atomic mass is 9.79. The van der Waals surface area contributed by atoms with Gasteiger partial charge in [-0.05, 0) is 58.5 Å². The van der Waals surface area contributed by atoms with Gasteiger partial charge in [0.15, 0.2) is 0 Å². The minimum Gasteiger partial charge on any atom is -0.423 e. The molecule has 0 fully saturated rings. The van der Waals surface area contributed by atoms with E-state index in [1.165, 1.54) is 16.8 Å². The van der Waals surface area contributed by atoms with Crippen molar-refractivity contribution in [3.8, 4) is 0 Å². The van der Waals surface area contributed by atoms with Crippen molar-refractivity contribution in [2.24, 2.45) is 7.05 Å². The SMILES string of the molecule is C[C@H]1OB(O)c2ccc(F)cc21.Cc1nn(CC(F)F)cc1Cc1cn(C)nc1Br. The van der Waals surface area contributed by atoms with Gasteiger partial charge in [-0.15, -0.1) is 0 Å². The number of halogens is 4. The summed E-state index contributed by atoms with van der Waals surface area (Å²) >= 11 is 3.37. The van der Waals surface area contributed by atoms with Crippen molar-refractivity contribution in [1.82, 2.24) is 19.6 Å². The molecule has 1 aromatic carbocycles. The van der Waals surface area contributed by atoms with Gasteiger partial charge in [-0.1, -0.05) is 6.07 Å². The van der Waals surface area contributed by atoms with Crippen molar-refractivity contribution in [3.05, 3.63) is 63.4 Å². The Morgan fingerprint density at radius 3 is 2.63 bits per heavy atom. The van der Waals surface area contributed by atoms with Crippen LogP contribution < -0.4 is 5.46 Å². The summed E-state index contributed by atoms with van der Waals surface area (Å²) in [5.41, 5.74) is 4.12. The Hall–Kier alpha value is -2.11. The molecule has 0 radical (unpaired) electrons. The zero-order valence-corrected chi connectivity index (χ0v) is 18.3. The average Bonchev–Trinajstić information content (AvgIpc) is 3.24. The third kappa shape index (κ3) is 5.33. The van der Waals surface area contributed by atoms with Crippen molar-refractivity contribution in [2.45, 2.75) is 39.3 Å². The fourth-order valence-electron chi connectivity index (χ4n) is 3.26. The molecule has 0 amide bonds. The number of hydrogen-bond donors (Lipinski definition) is 1. The first-order chi connectivity index (χ1) is 14.1. The molecule has 1 N–H and O–H groups in total. The van der Waals surface area contributed by atoms with Crippen LogP contribution in [0.25, 0.3) is 0 Å². The topological polar surface area (TPSA) is 65.1 Å². The largest absolute Gasteiger partial charge is 0.491 e. The third-order valence-corrected chi connectivity index (χ3v) is 5.36. The van der Waals surface area contributed by atoms with Gasteiger partial charge in [0.1, 0.15) is 17.0 Å². The Balaban J connectivity index is 0.000000184. The molecule has 0 bridgehead atoms. The Labute approximate surface area is 180 Å². The molecule has 1 atom stereocenters. The molecule has 2 aromatic heterocycles. The van der Waals surface area contributed by atoms with Crippen LogP contribution in [0, 0.1) is 12.7 Å². The first-order valence-corrected chi connectivity index (χ1v) is 10.0. The van der Waals surface area contributed by atoms with Crippen LogP contribution >= 0.6 is 15.9 Å². The van der Waals surface area contributed by atoms with Gasteiger partial charge in [-0.3, -0.25) is 9.36 Å². The molecular weight excluding hydrogens is 464 g/mol. The van der Waals surface area contributed by atoms with E-state index in [1.807, 2.05) is 20.2 Å². The van der Waals surface area contributed by atoms with Gasteiger partial charge in [0, 0.05) is 31.4 Å². The van der Waals surface area contributed by atoms with Crippen molar-refractivity contribution < 1.29 is 22.8 Å². The van der Waals surface area contributed by atoms with Gasteiger partial charge < -0.3 is 9.68 Å². The summed E-state index contributed by atoms with van der Waals surface area (Å²) in [5, 5.41) is 17.6. The molecule has 0 unspecified atom stereocenters. The fourth-order valence-corrected chi connectivity index (χ4v) is 3.76. The molecule has 0 saturated carbocycles. The lowest BCUT2D eigenvalue weighted by molar-refractivity contribution is 0.121. The number of nitrogens with zero attached hydrogens (tertiary/aromatic N) is 4. The summed E-state index contributed by atoms with van der Waals surface area (Å²) in [6, 6.07) is 4.28. The van der Waals surface area contributed by atoms with E-state index in [1.54, 1.807) is 23.9 Å². The Kier molecular flexibility index (Phi) is 7.04. The van der Waals surface area contributed by atoms with Crippen LogP contribution in [0.2, 0.25) is 0 Å². The zero-order chi connectivity index (χ0) is 22.0. The number of alkyl halides is 2. The molecule has 3 heterocycles. The zero-order valence-electron chi connectivity index (χ0n) is 16.7. The molecule has 30 heavy (non-hydrogen) atoms. The molecular formula is C19H21BBrF3N4O2. The van der Waals surface area contributed by atoms with E-state index in [2.05, 4.69) is 26.1 Å². The van der Waals surface area contributed by atoms with Gasteiger partial charge in [0.2, 0.25) is 0 Å². The molecule has 0 saturated heterocycles. The van der Waals surface area contributed by atoms with Crippen LogP contribution in [0.3, 0.4) is 0 Å². The van der Waals surface area contributed by atoms with Gasteiger partial charge in [-0.25, -0.2) is 13.2 Å². The number of benzene rings is 1. The lowest BCUT2D eigenvalue weighted by Crippen LogP contribution is -2.27. The Bertz CT molecular complexity index is 1030. The van der Waals surface area contributed by atoms with Crippen molar-refractivity contribution in [3.63, 3.8) is 0 Å². The number of aromatic nitrogens is 4. The van der Waals surface area contributed by atoms with E-state index < -0.39 is 13.5 Å². The summed E-state index contributed by atoms with van der Waals surface area (Å²) in [6.45, 7) is 3.24. The highest BCUT2D eigenvalue weighted by atomic mass is 79.9. The quantitative estimate of drug-likeness (QED) is 0.578. The summed E-state index contributed by atoms with van der Waals surface area (Å²) in [5.74, 6) is -0.293. The van der Waals surface area contributed by atoms with Crippen LogP contribution in [0.1, 0.15) is 35.4 Å². The molecule has 11 heteroatoms. The smallest absolute Gasteiger partial charge is 0.423 e. The van der Waals surface area contributed by atoms with Crippen LogP contribution in [-0.2, 0) is 24.7 Å². The summed E-state index contributed by atoms with van der Waals surface area (Å²) in [7, 11) is 0.942. The van der Waals surface area contributed by atoms with Gasteiger partial charge in [-0.2, -0.15) is 10.2 Å². The van der Waals surface area contributed by atoms with E-state index in [4.69, 9.17) is 4.65 Å². The number of rotatable bonds is 4. The average molecular weight is 485 g/mol. The van der Waals surface area contributed by atoms with E-state index in [0.717, 1.165) is 27.0 Å². The first-order valence-electron chi connectivity index (χ1n) is 9.26. The van der Waals surface area contributed by atoms with Gasteiger partial charge in [0.05, 0.1) is 11.8 Å². The minimum atomic E-state index is -2.39. The lowest BCUT2D eigenvalue weighted by Gasteiger charge is -2.02.